The number of carbonyl (C=O) groups is 2. The van der Waals surface area contributed by atoms with Crippen LogP contribution in [0.5, 0.6) is 0 Å². The van der Waals surface area contributed by atoms with Crippen molar-refractivity contribution in [1.82, 2.24) is 14.8 Å². The lowest BCUT2D eigenvalue weighted by Gasteiger charge is -2.19. The first-order valence-electron chi connectivity index (χ1n) is 8.29. The van der Waals surface area contributed by atoms with E-state index in [0.717, 1.165) is 11.3 Å². The highest BCUT2D eigenvalue weighted by atomic mass is 32.1. The van der Waals surface area contributed by atoms with E-state index >= 15 is 0 Å². The highest BCUT2D eigenvalue weighted by Gasteiger charge is 2.34. The van der Waals surface area contributed by atoms with Crippen molar-refractivity contribution in [3.8, 4) is 0 Å². The fourth-order valence-corrected chi connectivity index (χ4v) is 5.24. The molecule has 0 saturated heterocycles. The molecule has 2 aromatic heterocycles. The van der Waals surface area contributed by atoms with Gasteiger partial charge in [0, 0.05) is 0 Å². The van der Waals surface area contributed by atoms with E-state index in [1.165, 1.54) is 4.68 Å². The predicted molar refractivity (Wildman–Crippen MR) is 100 cm³/mol. The maximum absolute atomic E-state index is 13.0. The van der Waals surface area contributed by atoms with Gasteiger partial charge in [0.25, 0.3) is 5.91 Å². The van der Waals surface area contributed by atoms with Crippen LogP contribution in [0.3, 0.4) is 0 Å². The van der Waals surface area contributed by atoms with Crippen molar-refractivity contribution in [2.24, 2.45) is 5.73 Å². The third kappa shape index (κ3) is 4.92. The summed E-state index contributed by atoms with van der Waals surface area (Å²) in [5, 5.41) is 4.05. The monoisotopic (exact) mass is 418 g/mol. The lowest BCUT2D eigenvalue weighted by molar-refractivity contribution is -0.155. The second kappa shape index (κ2) is 8.05. The summed E-state index contributed by atoms with van der Waals surface area (Å²) in [6, 6.07) is 0. The van der Waals surface area contributed by atoms with E-state index in [1.54, 1.807) is 34.6 Å². The summed E-state index contributed by atoms with van der Waals surface area (Å²) in [5.41, 5.74) is 4.82. The van der Waals surface area contributed by atoms with Crippen molar-refractivity contribution < 1.29 is 27.9 Å². The fraction of sp³-hybridized carbons (Fsp3) is 0.600. The van der Waals surface area contributed by atoms with Crippen molar-refractivity contribution in [3.05, 3.63) is 5.69 Å². The van der Waals surface area contributed by atoms with Crippen LogP contribution < -0.4 is 10.5 Å². The van der Waals surface area contributed by atoms with Gasteiger partial charge in [0.1, 0.15) is 16.8 Å². The zero-order valence-electron chi connectivity index (χ0n) is 15.8. The standard InChI is InChI=1S/C15H23N4O6PS/c1-6-23-26(22,24-7-2)14-17-13-11(27-14)10(12(16)21)18-19(13)8-9(20)25-15(3,4)5/h6-8H2,1-5H3,(H2,16,21). The molecule has 27 heavy (non-hydrogen) atoms. The molecule has 0 atom stereocenters. The number of nitrogens with two attached hydrogens (primary N) is 1. The van der Waals surface area contributed by atoms with Gasteiger partial charge in [0.15, 0.2) is 11.3 Å². The number of rotatable bonds is 8. The number of esters is 1. The van der Waals surface area contributed by atoms with Gasteiger partial charge in [-0.15, -0.1) is 11.3 Å². The first kappa shape index (κ1) is 21.5. The van der Waals surface area contributed by atoms with Gasteiger partial charge >= 0.3 is 13.6 Å². The van der Waals surface area contributed by atoms with E-state index in [0.29, 0.717) is 4.70 Å². The molecule has 0 fully saturated rings. The minimum atomic E-state index is -3.65. The second-order valence-electron chi connectivity index (χ2n) is 6.44. The molecule has 2 N–H and O–H groups in total. The Hall–Kier alpha value is -1.81. The number of primary amides is 1. The Morgan fingerprint density at radius 3 is 2.30 bits per heavy atom. The zero-order chi connectivity index (χ0) is 20.4. The Morgan fingerprint density at radius 1 is 1.22 bits per heavy atom. The smallest absolute Gasteiger partial charge is 0.389 e. The normalized spacial score (nSPS) is 12.5. The largest absolute Gasteiger partial charge is 0.459 e. The molecular formula is C15H23N4O6PS. The van der Waals surface area contributed by atoms with Gasteiger partial charge in [-0.25, -0.2) is 9.67 Å². The lowest BCUT2D eigenvalue weighted by Crippen LogP contribution is -2.27. The Bertz CT molecular complexity index is 890. The molecule has 0 saturated carbocycles. The number of nitrogens with zero attached hydrogens (tertiary/aromatic N) is 3. The average Bonchev–Trinajstić information content (AvgIpc) is 3.06. The van der Waals surface area contributed by atoms with Crippen LogP contribution in [0, 0.1) is 0 Å². The molecule has 0 aliphatic rings. The van der Waals surface area contributed by atoms with Gasteiger partial charge in [0.2, 0.25) is 4.75 Å². The molecule has 0 aliphatic heterocycles. The molecule has 0 aliphatic carbocycles. The first-order valence-corrected chi connectivity index (χ1v) is 10.6. The molecule has 2 rings (SSSR count). The predicted octanol–water partition coefficient (Wildman–Crippen LogP) is 1.82. The van der Waals surface area contributed by atoms with Gasteiger partial charge in [-0.2, -0.15) is 5.10 Å². The van der Waals surface area contributed by atoms with Crippen LogP contribution in [0.25, 0.3) is 10.3 Å². The molecule has 12 heteroatoms. The lowest BCUT2D eigenvalue weighted by atomic mass is 10.2. The minimum absolute atomic E-state index is 0.0686. The van der Waals surface area contributed by atoms with Crippen LogP contribution in [0.15, 0.2) is 0 Å². The average molecular weight is 418 g/mol. The van der Waals surface area contributed by atoms with Gasteiger partial charge in [-0.3, -0.25) is 14.2 Å². The molecule has 0 aromatic carbocycles. The van der Waals surface area contributed by atoms with Crippen molar-refractivity contribution in [2.45, 2.75) is 46.8 Å². The van der Waals surface area contributed by atoms with Crippen molar-refractivity contribution in [2.75, 3.05) is 13.2 Å². The second-order valence-corrected chi connectivity index (χ2v) is 9.68. The van der Waals surface area contributed by atoms with Crippen molar-refractivity contribution in [1.29, 1.82) is 0 Å². The van der Waals surface area contributed by atoms with Gasteiger partial charge in [0.05, 0.1) is 13.2 Å². The minimum Gasteiger partial charge on any atom is -0.459 e. The van der Waals surface area contributed by atoms with E-state index in [-0.39, 0.29) is 35.8 Å². The zero-order valence-corrected chi connectivity index (χ0v) is 17.6. The number of thiazole rings is 1. The van der Waals surface area contributed by atoms with Crippen LogP contribution in [0.2, 0.25) is 0 Å². The van der Waals surface area contributed by atoms with Crippen molar-refractivity contribution >= 4 is 45.9 Å². The van der Waals surface area contributed by atoms with Crippen LogP contribution in [-0.2, 0) is 29.7 Å². The molecule has 1 amide bonds. The molecule has 0 bridgehead atoms. The summed E-state index contributed by atoms with van der Waals surface area (Å²) in [6.45, 7) is 8.59. The Labute approximate surface area is 160 Å². The maximum Gasteiger partial charge on any atom is 0.389 e. The third-order valence-electron chi connectivity index (χ3n) is 3.04. The summed E-state index contributed by atoms with van der Waals surface area (Å²) in [4.78, 5) is 28.1. The Balaban J connectivity index is 2.50. The third-order valence-corrected chi connectivity index (χ3v) is 6.61. The molecule has 0 spiro atoms. The SMILES string of the molecule is CCOP(=O)(OCC)c1nc2c(s1)c(C(N)=O)nn2CC(=O)OC(C)(C)C. The first-order chi connectivity index (χ1) is 12.5. The van der Waals surface area contributed by atoms with E-state index in [2.05, 4.69) is 10.1 Å². The Kier molecular flexibility index (Phi) is 6.41. The summed E-state index contributed by atoms with van der Waals surface area (Å²) in [5.74, 6) is -1.35. The van der Waals surface area contributed by atoms with Gasteiger partial charge in [-0.1, -0.05) is 0 Å². The fourth-order valence-electron chi connectivity index (χ4n) is 2.22. The van der Waals surface area contributed by atoms with Crippen LogP contribution in [0.1, 0.15) is 45.1 Å². The van der Waals surface area contributed by atoms with Gasteiger partial charge < -0.3 is 19.5 Å². The molecule has 2 heterocycles. The molecule has 10 nitrogen and oxygen atoms in total. The molecule has 0 unspecified atom stereocenters. The van der Waals surface area contributed by atoms with E-state index in [9.17, 15) is 14.2 Å². The molecule has 0 radical (unpaired) electrons. The topological polar surface area (TPSA) is 136 Å². The van der Waals surface area contributed by atoms with Crippen molar-refractivity contribution in [3.63, 3.8) is 0 Å². The van der Waals surface area contributed by atoms with E-state index in [4.69, 9.17) is 19.5 Å². The summed E-state index contributed by atoms with van der Waals surface area (Å²) >= 11 is 0.940. The summed E-state index contributed by atoms with van der Waals surface area (Å²) in [6.07, 6.45) is 0. The molecular weight excluding hydrogens is 395 g/mol. The molecule has 150 valence electrons. The Morgan fingerprint density at radius 2 is 1.81 bits per heavy atom. The maximum atomic E-state index is 13.0. The number of hydrogen-bond donors (Lipinski definition) is 1. The van der Waals surface area contributed by atoms with Crippen LogP contribution >= 0.6 is 18.9 Å². The number of carbonyl (C=O) groups excluding carboxylic acids is 2. The van der Waals surface area contributed by atoms with Crippen LogP contribution in [0.4, 0.5) is 0 Å². The van der Waals surface area contributed by atoms with E-state index in [1.807, 2.05) is 0 Å². The highest BCUT2D eigenvalue weighted by Crippen LogP contribution is 2.48. The summed E-state index contributed by atoms with van der Waals surface area (Å²) < 4.78 is 30.4. The number of ether oxygens (including phenoxy) is 1. The number of fused-ring (bicyclic) bond motifs is 1. The van der Waals surface area contributed by atoms with E-state index < -0.39 is 25.1 Å². The number of amides is 1. The number of hydrogen-bond acceptors (Lipinski definition) is 9. The number of aromatic nitrogens is 3. The molecule has 2 aromatic rings. The quantitative estimate of drug-likeness (QED) is 0.506. The summed E-state index contributed by atoms with van der Waals surface area (Å²) in [7, 11) is -3.65. The van der Waals surface area contributed by atoms with Crippen LogP contribution in [-0.4, -0.2) is 45.5 Å². The van der Waals surface area contributed by atoms with Gasteiger partial charge in [-0.05, 0) is 34.6 Å². The highest BCUT2D eigenvalue weighted by molar-refractivity contribution is 7.69.